The highest BCUT2D eigenvalue weighted by Crippen LogP contribution is 2.29. The second-order valence-electron chi connectivity index (χ2n) is 3.98. The predicted octanol–water partition coefficient (Wildman–Crippen LogP) is 0.597. The number of H-pyrrole nitrogens is 1. The summed E-state index contributed by atoms with van der Waals surface area (Å²) in [5.74, 6) is 0.648. The molecule has 1 N–H and O–H groups in total. The Balaban J connectivity index is 1.78. The summed E-state index contributed by atoms with van der Waals surface area (Å²) in [6.07, 6.45) is 3.63. The number of aromatic nitrogens is 4. The van der Waals surface area contributed by atoms with Crippen LogP contribution >= 0.6 is 0 Å². The molecule has 2 aromatic rings. The molecule has 88 valence electrons. The Morgan fingerprint density at radius 1 is 1.59 bits per heavy atom. The minimum absolute atomic E-state index is 0.100. The van der Waals surface area contributed by atoms with Crippen LogP contribution in [0.5, 0.6) is 0 Å². The summed E-state index contributed by atoms with van der Waals surface area (Å²) in [5.41, 5.74) is 0. The predicted molar refractivity (Wildman–Crippen MR) is 55.8 cm³/mol. The molecule has 17 heavy (non-hydrogen) atoms. The highest BCUT2D eigenvalue weighted by atomic mass is 16.3. The van der Waals surface area contributed by atoms with Crippen LogP contribution in [0.3, 0.4) is 0 Å². The van der Waals surface area contributed by atoms with Crippen LogP contribution < -0.4 is 0 Å². The number of carbonyl (C=O) groups is 1. The Labute approximate surface area is 96.8 Å². The molecule has 2 heterocycles. The zero-order valence-electron chi connectivity index (χ0n) is 9.04. The van der Waals surface area contributed by atoms with Crippen molar-refractivity contribution in [2.45, 2.75) is 25.4 Å². The number of nitrogens with zero attached hydrogens (tertiary/aromatic N) is 4. The van der Waals surface area contributed by atoms with E-state index in [1.807, 2.05) is 6.07 Å². The van der Waals surface area contributed by atoms with E-state index >= 15 is 0 Å². The van der Waals surface area contributed by atoms with Gasteiger partial charge in [-0.1, -0.05) is 0 Å². The highest BCUT2D eigenvalue weighted by Gasteiger charge is 2.35. The first kappa shape index (κ1) is 10.0. The second kappa shape index (κ2) is 4.00. The first-order valence-electron chi connectivity index (χ1n) is 5.41. The lowest BCUT2D eigenvalue weighted by molar-refractivity contribution is 0.0705. The fourth-order valence-electron chi connectivity index (χ4n) is 1.70. The number of hydrogen-bond acceptors (Lipinski definition) is 5. The average Bonchev–Trinajstić information content (AvgIpc) is 2.86. The molecule has 0 radical (unpaired) electrons. The van der Waals surface area contributed by atoms with Gasteiger partial charge in [0.25, 0.3) is 11.7 Å². The van der Waals surface area contributed by atoms with Crippen molar-refractivity contribution < 1.29 is 9.21 Å². The van der Waals surface area contributed by atoms with Crippen molar-refractivity contribution in [3.05, 3.63) is 30.0 Å². The first-order chi connectivity index (χ1) is 8.34. The van der Waals surface area contributed by atoms with Gasteiger partial charge in [0.05, 0.1) is 12.8 Å². The van der Waals surface area contributed by atoms with Gasteiger partial charge in [0.15, 0.2) is 0 Å². The third-order valence-electron chi connectivity index (χ3n) is 2.69. The number of furan rings is 1. The number of nitrogens with one attached hydrogen (secondary N) is 1. The summed E-state index contributed by atoms with van der Waals surface area (Å²) in [6.45, 7) is 0.449. The van der Waals surface area contributed by atoms with E-state index in [0.717, 1.165) is 18.6 Å². The van der Waals surface area contributed by atoms with E-state index in [9.17, 15) is 4.79 Å². The van der Waals surface area contributed by atoms with Crippen molar-refractivity contribution in [1.82, 2.24) is 25.5 Å². The molecule has 0 aliphatic heterocycles. The molecule has 7 nitrogen and oxygen atoms in total. The Morgan fingerprint density at radius 3 is 3.06 bits per heavy atom. The van der Waals surface area contributed by atoms with Gasteiger partial charge >= 0.3 is 0 Å². The summed E-state index contributed by atoms with van der Waals surface area (Å²) in [5, 5.41) is 13.1. The molecule has 3 rings (SSSR count). The average molecular weight is 233 g/mol. The smallest absolute Gasteiger partial charge is 0.296 e. The molecule has 0 saturated heterocycles. The summed E-state index contributed by atoms with van der Waals surface area (Å²) < 4.78 is 5.25. The van der Waals surface area contributed by atoms with Crippen LogP contribution in [-0.2, 0) is 6.54 Å². The zero-order chi connectivity index (χ0) is 11.7. The Hall–Kier alpha value is -2.18. The molecule has 0 bridgehead atoms. The molecular weight excluding hydrogens is 222 g/mol. The van der Waals surface area contributed by atoms with E-state index in [1.165, 1.54) is 0 Å². The minimum atomic E-state index is -0.211. The van der Waals surface area contributed by atoms with Crippen molar-refractivity contribution in [2.24, 2.45) is 0 Å². The number of hydrogen-bond donors (Lipinski definition) is 1. The van der Waals surface area contributed by atoms with Gasteiger partial charge in [-0.05, 0) is 30.2 Å². The largest absolute Gasteiger partial charge is 0.467 e. The molecule has 7 heteroatoms. The zero-order valence-corrected chi connectivity index (χ0v) is 9.04. The van der Waals surface area contributed by atoms with Crippen LogP contribution in [-0.4, -0.2) is 37.5 Å². The van der Waals surface area contributed by atoms with Gasteiger partial charge in [-0.3, -0.25) is 4.79 Å². The van der Waals surface area contributed by atoms with Crippen LogP contribution in [0.4, 0.5) is 0 Å². The molecule has 2 aromatic heterocycles. The van der Waals surface area contributed by atoms with Gasteiger partial charge in [0.1, 0.15) is 5.76 Å². The standard InChI is InChI=1S/C10H11N5O2/c16-10(9-11-13-14-12-9)15(7-3-4-7)6-8-2-1-5-17-8/h1-2,5,7H,3-4,6H2,(H,11,12,13,14). The lowest BCUT2D eigenvalue weighted by Gasteiger charge is -2.19. The number of tetrazole rings is 1. The molecule has 1 aliphatic rings. The maximum Gasteiger partial charge on any atom is 0.296 e. The molecule has 0 spiro atoms. The van der Waals surface area contributed by atoms with Crippen molar-refractivity contribution >= 4 is 5.91 Å². The number of amides is 1. The topological polar surface area (TPSA) is 87.9 Å². The number of carbonyl (C=O) groups excluding carboxylic acids is 1. The van der Waals surface area contributed by atoms with Crippen molar-refractivity contribution in [3.8, 4) is 0 Å². The number of aromatic amines is 1. The molecule has 1 amide bonds. The van der Waals surface area contributed by atoms with E-state index in [4.69, 9.17) is 4.42 Å². The number of rotatable bonds is 4. The Morgan fingerprint density at radius 2 is 2.47 bits per heavy atom. The first-order valence-corrected chi connectivity index (χ1v) is 5.41. The molecule has 0 aromatic carbocycles. The monoisotopic (exact) mass is 233 g/mol. The van der Waals surface area contributed by atoms with Crippen molar-refractivity contribution in [1.29, 1.82) is 0 Å². The van der Waals surface area contributed by atoms with Gasteiger partial charge < -0.3 is 9.32 Å². The molecule has 1 fully saturated rings. The third-order valence-corrected chi connectivity index (χ3v) is 2.69. The van der Waals surface area contributed by atoms with Gasteiger partial charge in [-0.15, -0.1) is 10.2 Å². The second-order valence-corrected chi connectivity index (χ2v) is 3.98. The van der Waals surface area contributed by atoms with E-state index in [0.29, 0.717) is 6.54 Å². The summed E-state index contributed by atoms with van der Waals surface area (Å²) in [4.78, 5) is 13.8. The van der Waals surface area contributed by atoms with Crippen molar-refractivity contribution in [3.63, 3.8) is 0 Å². The molecule has 0 atom stereocenters. The molecule has 1 saturated carbocycles. The van der Waals surface area contributed by atoms with Crippen LogP contribution in [0.2, 0.25) is 0 Å². The molecule has 1 aliphatic carbocycles. The van der Waals surface area contributed by atoms with Gasteiger partial charge in [0, 0.05) is 6.04 Å². The third kappa shape index (κ3) is 2.03. The van der Waals surface area contributed by atoms with Gasteiger partial charge in [-0.2, -0.15) is 5.21 Å². The molecule has 0 unspecified atom stereocenters. The van der Waals surface area contributed by atoms with Crippen LogP contribution in [0.1, 0.15) is 29.2 Å². The quantitative estimate of drug-likeness (QED) is 0.835. The summed E-state index contributed by atoms with van der Waals surface area (Å²) in [6, 6.07) is 3.92. The summed E-state index contributed by atoms with van der Waals surface area (Å²) >= 11 is 0. The van der Waals surface area contributed by atoms with Gasteiger partial charge in [-0.25, -0.2) is 0 Å². The maximum atomic E-state index is 12.1. The van der Waals surface area contributed by atoms with Crippen molar-refractivity contribution in [2.75, 3.05) is 0 Å². The highest BCUT2D eigenvalue weighted by molar-refractivity contribution is 5.90. The van der Waals surface area contributed by atoms with E-state index in [1.54, 1.807) is 17.2 Å². The Kier molecular flexibility index (Phi) is 2.36. The minimum Gasteiger partial charge on any atom is -0.467 e. The van der Waals surface area contributed by atoms with Crippen LogP contribution in [0.15, 0.2) is 22.8 Å². The lowest BCUT2D eigenvalue weighted by atomic mass is 10.3. The molecular formula is C10H11N5O2. The van der Waals surface area contributed by atoms with E-state index < -0.39 is 0 Å². The maximum absolute atomic E-state index is 12.1. The fourth-order valence-corrected chi connectivity index (χ4v) is 1.70. The SMILES string of the molecule is O=C(c1nn[nH]n1)N(Cc1ccco1)C1CC1. The summed E-state index contributed by atoms with van der Waals surface area (Å²) in [7, 11) is 0. The fraction of sp³-hybridized carbons (Fsp3) is 0.400. The van der Waals surface area contributed by atoms with E-state index in [2.05, 4.69) is 20.6 Å². The normalized spacial score (nSPS) is 14.8. The van der Waals surface area contributed by atoms with Crippen LogP contribution in [0.25, 0.3) is 0 Å². The lowest BCUT2D eigenvalue weighted by Crippen LogP contribution is -2.33. The van der Waals surface area contributed by atoms with Gasteiger partial charge in [0.2, 0.25) is 0 Å². The Bertz CT molecular complexity index is 489. The van der Waals surface area contributed by atoms with Crippen LogP contribution in [0, 0.1) is 0 Å². The van der Waals surface area contributed by atoms with E-state index in [-0.39, 0.29) is 17.8 Å².